The topological polar surface area (TPSA) is 32.5 Å². The Labute approximate surface area is 98.6 Å². The van der Waals surface area contributed by atoms with E-state index < -0.39 is 0 Å². The fraction of sp³-hybridized carbons (Fsp3) is 0.692. The first kappa shape index (κ1) is 11.7. The summed E-state index contributed by atoms with van der Waals surface area (Å²) >= 11 is 0. The van der Waals surface area contributed by atoms with Crippen molar-refractivity contribution >= 4 is 0 Å². The van der Waals surface area contributed by atoms with Gasteiger partial charge in [0.1, 0.15) is 0 Å². The van der Waals surface area contributed by atoms with Gasteiger partial charge in [0.15, 0.2) is 0 Å². The van der Waals surface area contributed by atoms with E-state index in [-0.39, 0.29) is 0 Å². The minimum Gasteiger partial charge on any atom is -0.399 e. The fourth-order valence-corrected chi connectivity index (χ4v) is 2.63. The number of rotatable bonds is 2. The molecule has 1 fully saturated rings. The van der Waals surface area contributed by atoms with Gasteiger partial charge in [-0.2, -0.15) is 0 Å². The van der Waals surface area contributed by atoms with Gasteiger partial charge in [0, 0.05) is 30.9 Å². The van der Waals surface area contributed by atoms with Crippen molar-refractivity contribution in [2.24, 2.45) is 5.73 Å². The summed E-state index contributed by atoms with van der Waals surface area (Å²) in [5.41, 5.74) is 6.65. The quantitative estimate of drug-likeness (QED) is 0.760. The Bertz CT molecular complexity index is 286. The van der Waals surface area contributed by atoms with Crippen molar-refractivity contribution in [1.29, 1.82) is 0 Å². The van der Waals surface area contributed by atoms with Crippen molar-refractivity contribution in [2.45, 2.75) is 31.3 Å². The van der Waals surface area contributed by atoms with E-state index >= 15 is 0 Å². The lowest BCUT2D eigenvalue weighted by atomic mass is 9.99. The van der Waals surface area contributed by atoms with Crippen molar-refractivity contribution in [3.05, 3.63) is 23.9 Å². The van der Waals surface area contributed by atoms with Gasteiger partial charge in [-0.3, -0.25) is 4.90 Å². The lowest BCUT2D eigenvalue weighted by Gasteiger charge is -2.39. The largest absolute Gasteiger partial charge is 0.399 e. The van der Waals surface area contributed by atoms with Crippen LogP contribution in [-0.4, -0.2) is 49.1 Å². The summed E-state index contributed by atoms with van der Waals surface area (Å²) in [4.78, 5) is 4.94. The smallest absolute Gasteiger partial charge is 0.0317 e. The fourth-order valence-electron chi connectivity index (χ4n) is 2.63. The van der Waals surface area contributed by atoms with Gasteiger partial charge in [-0.25, -0.2) is 0 Å². The number of nitrogens with two attached hydrogens (primary N) is 1. The molecule has 3 nitrogen and oxygen atoms in total. The van der Waals surface area contributed by atoms with Gasteiger partial charge in [0.05, 0.1) is 0 Å². The van der Waals surface area contributed by atoms with E-state index in [9.17, 15) is 0 Å². The third-order valence-corrected chi connectivity index (χ3v) is 3.80. The molecule has 0 bridgehead atoms. The van der Waals surface area contributed by atoms with Gasteiger partial charge >= 0.3 is 0 Å². The third kappa shape index (κ3) is 2.66. The monoisotopic (exact) mass is 221 g/mol. The van der Waals surface area contributed by atoms with Gasteiger partial charge in [-0.1, -0.05) is 12.2 Å². The highest BCUT2D eigenvalue weighted by molar-refractivity contribution is 5.22. The third-order valence-electron chi connectivity index (χ3n) is 3.80. The first-order valence-electron chi connectivity index (χ1n) is 6.21. The van der Waals surface area contributed by atoms with Gasteiger partial charge in [-0.05, 0) is 39.4 Å². The molecule has 3 heteroatoms. The molecule has 1 aliphatic carbocycles. The zero-order valence-electron chi connectivity index (χ0n) is 10.4. The zero-order chi connectivity index (χ0) is 11.5. The number of piperidine rings is 1. The first-order valence-corrected chi connectivity index (χ1v) is 6.21. The predicted octanol–water partition coefficient (Wildman–Crippen LogP) is 1.18. The van der Waals surface area contributed by atoms with Gasteiger partial charge in [-0.15, -0.1) is 0 Å². The Morgan fingerprint density at radius 1 is 1.31 bits per heavy atom. The minimum absolute atomic E-state index is 0.579. The van der Waals surface area contributed by atoms with Crippen LogP contribution in [0, 0.1) is 0 Å². The SMILES string of the molecule is CN(C)C1CCN(C2C=CC(N)=CC2)CC1. The van der Waals surface area contributed by atoms with Crippen LogP contribution in [-0.2, 0) is 0 Å². The number of hydrogen-bond donors (Lipinski definition) is 1. The molecule has 0 aromatic rings. The number of hydrogen-bond acceptors (Lipinski definition) is 3. The standard InChI is InChI=1S/C13H23N3/c1-15(2)12-7-9-16(10-8-12)13-5-3-11(14)4-6-13/h3-5,12-13H,6-10,14H2,1-2H3. The van der Waals surface area contributed by atoms with Crippen LogP contribution in [0.3, 0.4) is 0 Å². The van der Waals surface area contributed by atoms with E-state index in [0.717, 1.165) is 18.2 Å². The molecule has 1 heterocycles. The van der Waals surface area contributed by atoms with Crippen LogP contribution in [0.25, 0.3) is 0 Å². The summed E-state index contributed by atoms with van der Waals surface area (Å²) < 4.78 is 0. The second-order valence-corrected chi connectivity index (χ2v) is 5.10. The molecule has 2 N–H and O–H groups in total. The maximum Gasteiger partial charge on any atom is 0.0317 e. The van der Waals surface area contributed by atoms with Crippen molar-refractivity contribution in [3.63, 3.8) is 0 Å². The molecule has 2 aliphatic rings. The van der Waals surface area contributed by atoms with Crippen molar-refractivity contribution < 1.29 is 0 Å². The molecule has 1 aliphatic heterocycles. The maximum atomic E-state index is 5.74. The molecular weight excluding hydrogens is 198 g/mol. The zero-order valence-corrected chi connectivity index (χ0v) is 10.4. The molecule has 0 aromatic carbocycles. The Morgan fingerprint density at radius 2 is 2.00 bits per heavy atom. The van der Waals surface area contributed by atoms with Gasteiger partial charge in [0.25, 0.3) is 0 Å². The lowest BCUT2D eigenvalue weighted by Crippen LogP contribution is -2.46. The molecule has 0 aromatic heterocycles. The lowest BCUT2D eigenvalue weighted by molar-refractivity contribution is 0.124. The molecule has 0 amide bonds. The van der Waals surface area contributed by atoms with Crippen LogP contribution in [0.1, 0.15) is 19.3 Å². The van der Waals surface area contributed by atoms with Crippen LogP contribution in [0.5, 0.6) is 0 Å². The van der Waals surface area contributed by atoms with E-state index in [1.54, 1.807) is 0 Å². The number of allylic oxidation sites excluding steroid dienone is 1. The molecule has 0 saturated carbocycles. The molecule has 0 radical (unpaired) electrons. The highest BCUT2D eigenvalue weighted by Crippen LogP contribution is 2.20. The number of likely N-dealkylation sites (tertiary alicyclic amines) is 1. The highest BCUT2D eigenvalue weighted by Gasteiger charge is 2.24. The summed E-state index contributed by atoms with van der Waals surface area (Å²) in [7, 11) is 4.37. The second kappa shape index (κ2) is 5.02. The molecule has 1 saturated heterocycles. The van der Waals surface area contributed by atoms with Crippen LogP contribution in [0.15, 0.2) is 23.9 Å². The van der Waals surface area contributed by atoms with Crippen LogP contribution in [0.4, 0.5) is 0 Å². The average molecular weight is 221 g/mol. The highest BCUT2D eigenvalue weighted by atomic mass is 15.2. The Balaban J connectivity index is 1.84. The first-order chi connectivity index (χ1) is 7.66. The molecule has 1 unspecified atom stereocenters. The van der Waals surface area contributed by atoms with Crippen LogP contribution < -0.4 is 5.73 Å². The minimum atomic E-state index is 0.579. The summed E-state index contributed by atoms with van der Waals surface area (Å²) in [5, 5.41) is 0. The van der Waals surface area contributed by atoms with Gasteiger partial charge < -0.3 is 10.6 Å². The van der Waals surface area contributed by atoms with E-state index in [2.05, 4.69) is 36.0 Å². The normalized spacial score (nSPS) is 28.4. The second-order valence-electron chi connectivity index (χ2n) is 5.10. The molecular formula is C13H23N3. The molecule has 1 atom stereocenters. The predicted molar refractivity (Wildman–Crippen MR) is 68.1 cm³/mol. The van der Waals surface area contributed by atoms with E-state index in [1.807, 2.05) is 6.08 Å². The number of nitrogens with zero attached hydrogens (tertiary/aromatic N) is 2. The molecule has 2 rings (SSSR count). The summed E-state index contributed by atoms with van der Waals surface area (Å²) in [5.74, 6) is 0. The maximum absolute atomic E-state index is 5.74. The van der Waals surface area contributed by atoms with E-state index in [1.165, 1.54) is 25.9 Å². The molecule has 16 heavy (non-hydrogen) atoms. The van der Waals surface area contributed by atoms with Gasteiger partial charge in [0.2, 0.25) is 0 Å². The average Bonchev–Trinajstić information content (AvgIpc) is 2.30. The Morgan fingerprint density at radius 3 is 2.50 bits per heavy atom. The molecule has 0 spiro atoms. The Hall–Kier alpha value is -0.800. The van der Waals surface area contributed by atoms with Crippen molar-refractivity contribution in [3.8, 4) is 0 Å². The van der Waals surface area contributed by atoms with Crippen molar-refractivity contribution in [1.82, 2.24) is 9.80 Å². The van der Waals surface area contributed by atoms with Crippen molar-refractivity contribution in [2.75, 3.05) is 27.2 Å². The summed E-state index contributed by atoms with van der Waals surface area (Å²) in [6.07, 6.45) is 10.1. The van der Waals surface area contributed by atoms with E-state index in [0.29, 0.717) is 6.04 Å². The Kier molecular flexibility index (Phi) is 3.66. The van der Waals surface area contributed by atoms with Crippen LogP contribution >= 0.6 is 0 Å². The molecule has 90 valence electrons. The van der Waals surface area contributed by atoms with E-state index in [4.69, 9.17) is 5.73 Å². The van der Waals surface area contributed by atoms with Crippen LogP contribution in [0.2, 0.25) is 0 Å². The summed E-state index contributed by atoms with van der Waals surface area (Å²) in [6.45, 7) is 2.43. The summed E-state index contributed by atoms with van der Waals surface area (Å²) in [6, 6.07) is 1.35.